The maximum Gasteiger partial charge on any atom is 0.407 e. The summed E-state index contributed by atoms with van der Waals surface area (Å²) in [4.78, 5) is 68.6. The van der Waals surface area contributed by atoms with Crippen LogP contribution in [0.2, 0.25) is 0 Å². The number of anilines is 1. The molecule has 2 aromatic rings. The lowest BCUT2D eigenvalue weighted by Gasteiger charge is -2.38. The van der Waals surface area contributed by atoms with Crippen LogP contribution in [0.4, 0.5) is 20.2 Å². The molecule has 1 unspecified atom stereocenters. The van der Waals surface area contributed by atoms with Gasteiger partial charge in [-0.1, -0.05) is 12.1 Å². The number of ether oxygens (including phenoxy) is 1. The number of amides is 5. The second kappa shape index (κ2) is 15.7. The van der Waals surface area contributed by atoms with Gasteiger partial charge in [0.05, 0.1) is 5.69 Å². The van der Waals surface area contributed by atoms with E-state index < -0.39 is 29.0 Å². The van der Waals surface area contributed by atoms with Crippen molar-refractivity contribution < 1.29 is 29.0 Å². The van der Waals surface area contributed by atoms with Gasteiger partial charge in [0.25, 0.3) is 0 Å². The third kappa shape index (κ3) is 10.9. The number of hydrogen-bond donors (Lipinski definition) is 5. The maximum absolute atomic E-state index is 12.9. The van der Waals surface area contributed by atoms with Crippen molar-refractivity contribution in [3.63, 3.8) is 0 Å². The smallest absolute Gasteiger partial charge is 0.407 e. The van der Waals surface area contributed by atoms with Gasteiger partial charge in [-0.05, 0) is 97.4 Å². The molecule has 1 aliphatic carbocycles. The maximum atomic E-state index is 12.9. The van der Waals surface area contributed by atoms with Gasteiger partial charge >= 0.3 is 23.9 Å². The Kier molecular flexibility index (Phi) is 11.9. The molecule has 0 spiro atoms. The normalized spacial score (nSPS) is 19.1. The average molecular weight is 683 g/mol. The van der Waals surface area contributed by atoms with Crippen molar-refractivity contribution >= 4 is 29.9 Å². The van der Waals surface area contributed by atoms with Gasteiger partial charge < -0.3 is 35.6 Å². The van der Waals surface area contributed by atoms with Crippen molar-refractivity contribution in [2.75, 3.05) is 31.5 Å². The van der Waals surface area contributed by atoms with Crippen LogP contribution in [0.25, 0.3) is 5.69 Å². The Morgan fingerprint density at radius 3 is 2.08 bits per heavy atom. The third-order valence-corrected chi connectivity index (χ3v) is 8.57. The third-order valence-electron chi connectivity index (χ3n) is 8.57. The molecule has 1 aromatic carbocycles. The van der Waals surface area contributed by atoms with Gasteiger partial charge in [-0.3, -0.25) is 14.7 Å². The minimum absolute atomic E-state index is 0.114. The molecule has 1 saturated heterocycles. The lowest BCUT2D eigenvalue weighted by Crippen LogP contribution is -2.60. The SMILES string of the molecule is CC(Cc1ccc(-n2ccc(NC(=O)N3CCN(C(=O)C(C)(C)NC(=O)O)CC3)nc2=O)cc1)N[C@H]1CC[C@@H](NC(=O)OC(C)(C)C)CC1. The number of hydrogen-bond acceptors (Lipinski definition) is 8. The second-order valence-electron chi connectivity index (χ2n) is 14.4. The molecule has 1 aliphatic heterocycles. The molecule has 0 bridgehead atoms. The van der Waals surface area contributed by atoms with E-state index in [-0.39, 0.29) is 56.1 Å². The molecule has 2 heterocycles. The zero-order chi connectivity index (χ0) is 35.9. The quantitative estimate of drug-likeness (QED) is 0.265. The van der Waals surface area contributed by atoms with Crippen LogP contribution in [-0.4, -0.2) is 104 Å². The standard InChI is InChI=1S/C34H50N8O7/c1-22(35-24-9-11-25(12-10-24)36-32(48)49-33(2,3)4)21-23-7-13-26(14-8-23)42-16-15-27(38-30(42)45)37-29(44)41-19-17-40(18-20-41)28(43)34(5,6)39-31(46)47/h7-8,13-16,22,24-25,35,39H,9-12,17-21H2,1-6H3,(H,36,48)(H,46,47)(H,37,38,44,45)/t22?,24-,25+. The van der Waals surface area contributed by atoms with E-state index in [1.165, 1.54) is 28.2 Å². The number of carbonyl (C=O) groups excluding carboxylic acids is 3. The first-order valence-electron chi connectivity index (χ1n) is 16.8. The lowest BCUT2D eigenvalue weighted by molar-refractivity contribution is -0.138. The predicted octanol–water partition coefficient (Wildman–Crippen LogP) is 3.31. The van der Waals surface area contributed by atoms with Crippen molar-refractivity contribution in [3.05, 3.63) is 52.6 Å². The molecule has 5 amide bonds. The molecule has 268 valence electrons. The van der Waals surface area contributed by atoms with E-state index in [1.54, 1.807) is 12.3 Å². The van der Waals surface area contributed by atoms with E-state index in [0.717, 1.165) is 37.7 Å². The molecule has 4 rings (SSSR count). The topological polar surface area (TPSA) is 187 Å². The molecule has 0 radical (unpaired) electrons. The van der Waals surface area contributed by atoms with Gasteiger partial charge in [0.15, 0.2) is 0 Å². The average Bonchev–Trinajstić information content (AvgIpc) is 3.01. The van der Waals surface area contributed by atoms with Crippen molar-refractivity contribution in [1.29, 1.82) is 0 Å². The zero-order valence-electron chi connectivity index (χ0n) is 29.2. The van der Waals surface area contributed by atoms with E-state index in [4.69, 9.17) is 9.84 Å². The van der Waals surface area contributed by atoms with E-state index in [0.29, 0.717) is 11.7 Å². The van der Waals surface area contributed by atoms with Crippen molar-refractivity contribution in [3.8, 4) is 5.69 Å². The number of piperazine rings is 1. The number of aromatic nitrogens is 2. The summed E-state index contributed by atoms with van der Waals surface area (Å²) in [5, 5.41) is 20.6. The summed E-state index contributed by atoms with van der Waals surface area (Å²) in [5.74, 6) is -0.257. The monoisotopic (exact) mass is 682 g/mol. The van der Waals surface area contributed by atoms with Gasteiger partial charge in [0.1, 0.15) is 17.0 Å². The molecule has 1 aromatic heterocycles. The molecular formula is C34H50N8O7. The first kappa shape index (κ1) is 37.2. The number of urea groups is 1. The highest BCUT2D eigenvalue weighted by Crippen LogP contribution is 2.21. The summed E-state index contributed by atoms with van der Waals surface area (Å²) in [5.41, 5.74) is -0.567. The first-order valence-corrected chi connectivity index (χ1v) is 16.8. The van der Waals surface area contributed by atoms with E-state index in [1.807, 2.05) is 45.0 Å². The fraction of sp³-hybridized carbons (Fsp3) is 0.588. The van der Waals surface area contributed by atoms with Crippen LogP contribution < -0.4 is 27.0 Å². The lowest BCUT2D eigenvalue weighted by atomic mass is 9.90. The Labute approximate surface area is 286 Å². The summed E-state index contributed by atoms with van der Waals surface area (Å²) < 4.78 is 6.78. The minimum atomic E-state index is -1.29. The Morgan fingerprint density at radius 1 is 0.918 bits per heavy atom. The highest BCUT2D eigenvalue weighted by atomic mass is 16.6. The minimum Gasteiger partial charge on any atom is -0.465 e. The number of carbonyl (C=O) groups is 4. The second-order valence-corrected chi connectivity index (χ2v) is 14.4. The number of carboxylic acid groups (broad SMARTS) is 1. The molecule has 2 aliphatic rings. The van der Waals surface area contributed by atoms with Crippen LogP contribution in [0.1, 0.15) is 72.8 Å². The van der Waals surface area contributed by atoms with Crippen molar-refractivity contribution in [2.24, 2.45) is 0 Å². The zero-order valence-corrected chi connectivity index (χ0v) is 29.2. The summed E-state index contributed by atoms with van der Waals surface area (Å²) in [6.45, 7) is 11.7. The van der Waals surface area contributed by atoms with E-state index >= 15 is 0 Å². The Morgan fingerprint density at radius 2 is 1.51 bits per heavy atom. The van der Waals surface area contributed by atoms with Crippen LogP contribution >= 0.6 is 0 Å². The fourth-order valence-electron chi connectivity index (χ4n) is 6.17. The number of alkyl carbamates (subject to hydrolysis) is 1. The van der Waals surface area contributed by atoms with Crippen LogP contribution in [0.15, 0.2) is 41.3 Å². The van der Waals surface area contributed by atoms with Gasteiger partial charge in [-0.15, -0.1) is 0 Å². The summed E-state index contributed by atoms with van der Waals surface area (Å²) in [6, 6.07) is 9.56. The van der Waals surface area contributed by atoms with Gasteiger partial charge in [0.2, 0.25) is 5.91 Å². The van der Waals surface area contributed by atoms with E-state index in [2.05, 4.69) is 33.2 Å². The van der Waals surface area contributed by atoms with Crippen LogP contribution in [0, 0.1) is 0 Å². The Hall–Kier alpha value is -4.66. The van der Waals surface area contributed by atoms with Crippen molar-refractivity contribution in [1.82, 2.24) is 35.3 Å². The fourth-order valence-corrected chi connectivity index (χ4v) is 6.17. The molecule has 1 saturated carbocycles. The summed E-state index contributed by atoms with van der Waals surface area (Å²) in [7, 11) is 0. The number of rotatable bonds is 9. The van der Waals surface area contributed by atoms with Crippen LogP contribution in [-0.2, 0) is 16.0 Å². The molecule has 15 heteroatoms. The molecule has 1 atom stereocenters. The molecule has 5 N–H and O–H groups in total. The number of nitrogens with one attached hydrogen (secondary N) is 4. The Balaban J connectivity index is 1.22. The van der Waals surface area contributed by atoms with Crippen LogP contribution in [0.5, 0.6) is 0 Å². The molecular weight excluding hydrogens is 632 g/mol. The van der Waals surface area contributed by atoms with Gasteiger partial charge in [-0.2, -0.15) is 4.98 Å². The predicted molar refractivity (Wildman–Crippen MR) is 184 cm³/mol. The first-order chi connectivity index (χ1) is 23.0. The van der Waals surface area contributed by atoms with Crippen molar-refractivity contribution in [2.45, 2.75) is 103 Å². The molecule has 2 fully saturated rings. The molecule has 15 nitrogen and oxygen atoms in total. The summed E-state index contributed by atoms with van der Waals surface area (Å²) >= 11 is 0. The highest BCUT2D eigenvalue weighted by Gasteiger charge is 2.35. The number of benzene rings is 1. The number of nitrogens with zero attached hydrogens (tertiary/aromatic N) is 4. The summed E-state index contributed by atoms with van der Waals surface area (Å²) in [6.07, 6.45) is 4.47. The van der Waals surface area contributed by atoms with E-state index in [9.17, 15) is 24.0 Å². The molecule has 49 heavy (non-hydrogen) atoms. The largest absolute Gasteiger partial charge is 0.465 e. The van der Waals surface area contributed by atoms with Crippen LogP contribution in [0.3, 0.4) is 0 Å². The Bertz CT molecular complexity index is 1540. The van der Waals surface area contributed by atoms with Gasteiger partial charge in [-0.25, -0.2) is 19.2 Å². The highest BCUT2D eigenvalue weighted by molar-refractivity contribution is 5.90. The van der Waals surface area contributed by atoms with Gasteiger partial charge in [0, 0.05) is 50.5 Å².